The molecule has 2 aromatic heterocycles. The Morgan fingerprint density at radius 2 is 1.81 bits per heavy atom. The van der Waals surface area contributed by atoms with Crippen LogP contribution in [0.4, 0.5) is 5.95 Å². The maximum absolute atomic E-state index is 6.27. The van der Waals surface area contributed by atoms with Crippen LogP contribution in [-0.2, 0) is 0 Å². The number of imidazole rings is 1. The zero-order valence-electron chi connectivity index (χ0n) is 17.6. The van der Waals surface area contributed by atoms with Gasteiger partial charge in [0.25, 0.3) is 0 Å². The number of anilines is 1. The van der Waals surface area contributed by atoms with Crippen LogP contribution in [0.15, 0.2) is 76.2 Å². The average molecular weight is 410 g/mol. The molecule has 0 aliphatic rings. The first kappa shape index (κ1) is 18.9. The second kappa shape index (κ2) is 7.65. The van der Waals surface area contributed by atoms with E-state index in [1.807, 2.05) is 60.7 Å². The summed E-state index contributed by atoms with van der Waals surface area (Å²) in [4.78, 5) is 7.79. The molecule has 154 valence electrons. The topological polar surface area (TPSA) is 75.4 Å². The summed E-state index contributed by atoms with van der Waals surface area (Å²) in [5, 5.41) is 6.43. The third-order valence-corrected chi connectivity index (χ3v) is 5.23. The summed E-state index contributed by atoms with van der Waals surface area (Å²) in [5.41, 5.74) is 8.90. The second-order valence-corrected chi connectivity index (χ2v) is 7.51. The molecule has 0 spiro atoms. The van der Waals surface area contributed by atoms with Crippen molar-refractivity contribution >= 4 is 28.0 Å². The first-order valence-electron chi connectivity index (χ1n) is 10.0. The van der Waals surface area contributed by atoms with Gasteiger partial charge in [0.15, 0.2) is 0 Å². The van der Waals surface area contributed by atoms with Crippen LogP contribution in [0.5, 0.6) is 5.75 Å². The van der Waals surface area contributed by atoms with Crippen molar-refractivity contribution in [2.75, 3.05) is 12.5 Å². The van der Waals surface area contributed by atoms with Crippen molar-refractivity contribution in [3.8, 4) is 17.1 Å². The fourth-order valence-corrected chi connectivity index (χ4v) is 3.79. The van der Waals surface area contributed by atoms with Crippen molar-refractivity contribution in [1.29, 1.82) is 0 Å². The van der Waals surface area contributed by atoms with E-state index in [1.165, 1.54) is 0 Å². The van der Waals surface area contributed by atoms with Crippen LogP contribution in [0.3, 0.4) is 0 Å². The Kier molecular flexibility index (Phi) is 4.67. The zero-order valence-corrected chi connectivity index (χ0v) is 17.6. The van der Waals surface area contributed by atoms with Gasteiger partial charge < -0.3 is 14.1 Å². The smallest absolute Gasteiger partial charge is 0.222 e. The number of para-hydroxylation sites is 2. The Morgan fingerprint density at radius 3 is 2.58 bits per heavy atom. The molecule has 0 saturated heterocycles. The van der Waals surface area contributed by atoms with E-state index in [0.717, 1.165) is 55.6 Å². The Hall–Kier alpha value is -4.06. The van der Waals surface area contributed by atoms with Gasteiger partial charge in [-0.2, -0.15) is 5.10 Å². The van der Waals surface area contributed by atoms with E-state index in [1.54, 1.807) is 7.11 Å². The highest BCUT2D eigenvalue weighted by Crippen LogP contribution is 2.26. The third-order valence-electron chi connectivity index (χ3n) is 5.23. The maximum Gasteiger partial charge on any atom is 0.222 e. The second-order valence-electron chi connectivity index (χ2n) is 7.51. The minimum Gasteiger partial charge on any atom is -0.497 e. The lowest BCUT2D eigenvalue weighted by molar-refractivity contribution is 0.415. The number of ether oxygens (including phenoxy) is 1. The van der Waals surface area contributed by atoms with Gasteiger partial charge in [-0.15, -0.1) is 0 Å². The van der Waals surface area contributed by atoms with Gasteiger partial charge in [-0.1, -0.05) is 18.2 Å². The SMILES string of the molecule is COc1ccc(-c2cc(=NNc3nc4ccccc4[nH]3)c3c(C)cc(C)cc3o2)cc1. The van der Waals surface area contributed by atoms with Crippen LogP contribution in [0, 0.1) is 13.8 Å². The molecule has 0 fully saturated rings. The first-order valence-corrected chi connectivity index (χ1v) is 10.0. The lowest BCUT2D eigenvalue weighted by Gasteiger charge is -2.09. The molecule has 2 heterocycles. The fourth-order valence-electron chi connectivity index (χ4n) is 3.79. The predicted octanol–water partition coefficient (Wildman–Crippen LogP) is 5.53. The molecule has 6 heteroatoms. The molecule has 0 atom stereocenters. The van der Waals surface area contributed by atoms with E-state index in [4.69, 9.17) is 9.15 Å². The number of methoxy groups -OCH3 is 1. The molecule has 0 amide bonds. The fraction of sp³-hybridized carbons (Fsp3) is 0.120. The third kappa shape index (κ3) is 3.64. The molecular weight excluding hydrogens is 388 g/mol. The van der Waals surface area contributed by atoms with Crippen LogP contribution < -0.4 is 15.5 Å². The van der Waals surface area contributed by atoms with Gasteiger partial charge in [0.2, 0.25) is 5.95 Å². The number of fused-ring (bicyclic) bond motifs is 2. The van der Waals surface area contributed by atoms with Gasteiger partial charge in [0, 0.05) is 17.0 Å². The van der Waals surface area contributed by atoms with E-state index in [9.17, 15) is 0 Å². The van der Waals surface area contributed by atoms with Crippen molar-refractivity contribution in [2.24, 2.45) is 5.10 Å². The zero-order chi connectivity index (χ0) is 21.4. The largest absolute Gasteiger partial charge is 0.497 e. The summed E-state index contributed by atoms with van der Waals surface area (Å²) in [6.45, 7) is 4.13. The molecule has 6 nitrogen and oxygen atoms in total. The number of nitrogens with one attached hydrogen (secondary N) is 2. The van der Waals surface area contributed by atoms with Crippen LogP contribution in [0.2, 0.25) is 0 Å². The molecule has 0 saturated carbocycles. The highest BCUT2D eigenvalue weighted by molar-refractivity contribution is 5.82. The quantitative estimate of drug-likeness (QED) is 0.382. The first-order chi connectivity index (χ1) is 15.1. The van der Waals surface area contributed by atoms with E-state index in [2.05, 4.69) is 40.4 Å². The Bertz CT molecular complexity index is 1430. The summed E-state index contributed by atoms with van der Waals surface area (Å²) >= 11 is 0. The van der Waals surface area contributed by atoms with E-state index >= 15 is 0 Å². The predicted molar refractivity (Wildman–Crippen MR) is 123 cm³/mol. The molecule has 5 rings (SSSR count). The van der Waals surface area contributed by atoms with Crippen LogP contribution in [-0.4, -0.2) is 17.1 Å². The number of aromatic amines is 1. The van der Waals surface area contributed by atoms with Crippen LogP contribution >= 0.6 is 0 Å². The molecule has 0 radical (unpaired) electrons. The molecule has 0 aliphatic carbocycles. The monoisotopic (exact) mass is 410 g/mol. The molecule has 0 bridgehead atoms. The molecule has 3 aromatic carbocycles. The summed E-state index contributed by atoms with van der Waals surface area (Å²) in [5.74, 6) is 2.11. The standard InChI is InChI=1S/C25H22N4O2/c1-15-12-16(2)24-21(28-29-25-26-19-6-4-5-7-20(19)27-25)14-22(31-23(24)13-15)17-8-10-18(30-3)11-9-17/h4-14H,1-3H3,(H2,26,27,29). The number of rotatable bonds is 4. The molecule has 5 aromatic rings. The van der Waals surface area contributed by atoms with Gasteiger partial charge in [0.1, 0.15) is 17.1 Å². The Balaban J connectivity index is 1.66. The Morgan fingerprint density at radius 1 is 1.00 bits per heavy atom. The van der Waals surface area contributed by atoms with Crippen molar-refractivity contribution < 1.29 is 9.15 Å². The van der Waals surface area contributed by atoms with E-state index in [-0.39, 0.29) is 0 Å². The minimum absolute atomic E-state index is 0.589. The average Bonchev–Trinajstić information content (AvgIpc) is 3.20. The number of aryl methyl sites for hydroxylation is 2. The van der Waals surface area contributed by atoms with Crippen molar-refractivity contribution in [1.82, 2.24) is 9.97 Å². The number of aromatic nitrogens is 2. The highest BCUT2D eigenvalue weighted by Gasteiger charge is 2.10. The van der Waals surface area contributed by atoms with Gasteiger partial charge >= 0.3 is 0 Å². The minimum atomic E-state index is 0.589. The van der Waals surface area contributed by atoms with Gasteiger partial charge in [-0.3, -0.25) is 0 Å². The lowest BCUT2D eigenvalue weighted by Crippen LogP contribution is -2.09. The highest BCUT2D eigenvalue weighted by atomic mass is 16.5. The summed E-state index contributed by atoms with van der Waals surface area (Å²) < 4.78 is 11.5. The van der Waals surface area contributed by atoms with Gasteiger partial charge in [-0.05, 0) is 67.4 Å². The molecular formula is C25H22N4O2. The molecule has 0 aliphatic heterocycles. The molecule has 2 N–H and O–H groups in total. The van der Waals surface area contributed by atoms with Crippen LogP contribution in [0.1, 0.15) is 11.1 Å². The van der Waals surface area contributed by atoms with E-state index in [0.29, 0.717) is 5.95 Å². The number of hydrogen-bond acceptors (Lipinski definition) is 5. The Labute approximate surface area is 179 Å². The van der Waals surface area contributed by atoms with Gasteiger partial charge in [-0.25, -0.2) is 10.4 Å². The summed E-state index contributed by atoms with van der Waals surface area (Å²) in [6.07, 6.45) is 0. The number of nitrogens with zero attached hydrogens (tertiary/aromatic N) is 2. The van der Waals surface area contributed by atoms with Crippen molar-refractivity contribution in [3.05, 3.63) is 83.2 Å². The molecule has 31 heavy (non-hydrogen) atoms. The van der Waals surface area contributed by atoms with Crippen molar-refractivity contribution in [3.63, 3.8) is 0 Å². The number of benzene rings is 3. The van der Waals surface area contributed by atoms with Gasteiger partial charge in [0.05, 0.1) is 23.5 Å². The summed E-state index contributed by atoms with van der Waals surface area (Å²) in [6, 6.07) is 21.8. The maximum atomic E-state index is 6.27. The van der Waals surface area contributed by atoms with E-state index < -0.39 is 0 Å². The number of hydrogen-bond donors (Lipinski definition) is 2. The lowest BCUT2D eigenvalue weighted by atomic mass is 10.0. The summed E-state index contributed by atoms with van der Waals surface area (Å²) in [7, 11) is 1.65. The number of H-pyrrole nitrogens is 1. The van der Waals surface area contributed by atoms with Crippen molar-refractivity contribution in [2.45, 2.75) is 13.8 Å². The molecule has 0 unspecified atom stereocenters. The normalized spacial score (nSPS) is 11.9. The van der Waals surface area contributed by atoms with Crippen LogP contribution in [0.25, 0.3) is 33.3 Å².